The van der Waals surface area contributed by atoms with Crippen molar-refractivity contribution in [2.75, 3.05) is 6.54 Å². The van der Waals surface area contributed by atoms with Crippen LogP contribution in [-0.2, 0) is 28.9 Å². The van der Waals surface area contributed by atoms with Crippen LogP contribution in [0.5, 0.6) is 0 Å². The summed E-state index contributed by atoms with van der Waals surface area (Å²) in [6.07, 6.45) is 1.03. The Morgan fingerprint density at radius 1 is 1.16 bits per heavy atom. The molecule has 7 nitrogen and oxygen atoms in total. The highest BCUT2D eigenvalue weighted by Crippen LogP contribution is 2.37. The van der Waals surface area contributed by atoms with Gasteiger partial charge in [0.2, 0.25) is 10.0 Å². The summed E-state index contributed by atoms with van der Waals surface area (Å²) >= 11 is 0. The number of carbonyl (C=O) groups excluding carboxylic acids is 1. The Kier molecular flexibility index (Phi) is 6.15. The Labute approximate surface area is 186 Å². The number of rotatable bonds is 4. The number of hydrogen-bond acceptors (Lipinski definition) is 6. The molecule has 3 rings (SSSR count). The number of aryl methyl sites for hydroxylation is 1. The van der Waals surface area contributed by atoms with Crippen molar-refractivity contribution in [3.8, 4) is 0 Å². The molecule has 2 saturated heterocycles. The average Bonchev–Trinajstić information content (AvgIpc) is 3.16. The highest BCUT2D eigenvalue weighted by molar-refractivity contribution is 7.89. The molecule has 0 aliphatic carbocycles. The first-order chi connectivity index (χ1) is 14.1. The lowest BCUT2D eigenvalue weighted by atomic mass is 9.78. The molecule has 9 heteroatoms. The van der Waals surface area contributed by atoms with E-state index in [4.69, 9.17) is 14.0 Å². The van der Waals surface area contributed by atoms with Crippen LogP contribution in [0.3, 0.4) is 0 Å². The normalized spacial score (nSPS) is 23.9. The molecule has 0 unspecified atom stereocenters. The molecule has 1 atom stereocenters. The van der Waals surface area contributed by atoms with Crippen LogP contribution < -0.4 is 5.46 Å². The van der Waals surface area contributed by atoms with Crippen LogP contribution in [-0.4, -0.2) is 55.2 Å². The van der Waals surface area contributed by atoms with Crippen LogP contribution in [0.15, 0.2) is 23.1 Å². The fraction of sp³-hybridized carbons (Fsp3) is 0.682. The molecule has 1 aromatic carbocycles. The molecule has 2 aliphatic rings. The maximum atomic E-state index is 13.7. The van der Waals surface area contributed by atoms with Gasteiger partial charge in [0.25, 0.3) is 0 Å². The van der Waals surface area contributed by atoms with Gasteiger partial charge in [-0.2, -0.15) is 4.31 Å². The van der Waals surface area contributed by atoms with Gasteiger partial charge in [-0.1, -0.05) is 17.7 Å². The van der Waals surface area contributed by atoms with Crippen LogP contribution in [0.2, 0.25) is 0 Å². The summed E-state index contributed by atoms with van der Waals surface area (Å²) in [5, 5.41) is 0. The first-order valence-corrected chi connectivity index (χ1v) is 12.2. The number of nitrogens with zero attached hydrogens (tertiary/aromatic N) is 1. The van der Waals surface area contributed by atoms with E-state index in [-0.39, 0.29) is 11.4 Å². The van der Waals surface area contributed by atoms with Gasteiger partial charge in [-0.05, 0) is 74.3 Å². The molecule has 2 heterocycles. The fourth-order valence-electron chi connectivity index (χ4n) is 3.82. The Morgan fingerprint density at radius 2 is 1.74 bits per heavy atom. The molecule has 0 amide bonds. The number of ether oxygens (including phenoxy) is 1. The minimum absolute atomic E-state index is 0.104. The number of hydrogen-bond donors (Lipinski definition) is 0. The second kappa shape index (κ2) is 7.87. The van der Waals surface area contributed by atoms with E-state index in [1.54, 1.807) is 39.0 Å². The summed E-state index contributed by atoms with van der Waals surface area (Å²) in [7, 11) is -4.80. The Morgan fingerprint density at radius 3 is 2.29 bits per heavy atom. The zero-order valence-corrected chi connectivity index (χ0v) is 20.6. The topological polar surface area (TPSA) is 82.1 Å². The minimum atomic E-state index is -3.98. The van der Waals surface area contributed by atoms with Gasteiger partial charge in [0.15, 0.2) is 0 Å². The van der Waals surface area contributed by atoms with E-state index in [0.29, 0.717) is 18.3 Å². The molecule has 0 aromatic heterocycles. The van der Waals surface area contributed by atoms with E-state index < -0.39 is 46.0 Å². The van der Waals surface area contributed by atoms with E-state index in [1.165, 1.54) is 4.31 Å². The maximum Gasteiger partial charge on any atom is 0.496 e. The monoisotopic (exact) mass is 451 g/mol. The molecular formula is C22H34BNO6S. The largest absolute Gasteiger partial charge is 0.496 e. The summed E-state index contributed by atoms with van der Waals surface area (Å²) in [5.74, 6) is -0.516. The van der Waals surface area contributed by atoms with Crippen molar-refractivity contribution in [2.45, 2.75) is 96.0 Å². The van der Waals surface area contributed by atoms with Crippen LogP contribution in [0.25, 0.3) is 0 Å². The first-order valence-electron chi connectivity index (χ1n) is 10.8. The lowest BCUT2D eigenvalue weighted by molar-refractivity contribution is -0.158. The zero-order valence-electron chi connectivity index (χ0n) is 19.8. The highest BCUT2D eigenvalue weighted by atomic mass is 32.2. The van der Waals surface area contributed by atoms with Crippen LogP contribution in [0.4, 0.5) is 0 Å². The summed E-state index contributed by atoms with van der Waals surface area (Å²) in [6.45, 7) is 15.2. The number of sulfonamides is 1. The maximum absolute atomic E-state index is 13.7. The fourth-order valence-corrected chi connectivity index (χ4v) is 5.66. The Balaban J connectivity index is 2.00. The predicted octanol–water partition coefficient (Wildman–Crippen LogP) is 2.79. The molecule has 0 saturated carbocycles. The molecule has 1 aromatic rings. The van der Waals surface area contributed by atoms with E-state index in [1.807, 2.05) is 34.6 Å². The van der Waals surface area contributed by atoms with Gasteiger partial charge in [-0.25, -0.2) is 8.42 Å². The number of benzene rings is 1. The molecule has 0 radical (unpaired) electrons. The standard InChI is InChI=1S/C22H34BNO6S/c1-15-11-12-18(16(14-15)23-29-21(5,6)22(7,8)30-23)31(26,27)24-13-9-10-17(24)19(25)28-20(2,3)4/h11-12,14,17H,9-10,13H2,1-8H3/t17-/m0/s1. The predicted molar refractivity (Wildman–Crippen MR) is 120 cm³/mol. The van der Waals surface area contributed by atoms with Crippen molar-refractivity contribution in [1.82, 2.24) is 4.31 Å². The zero-order chi connectivity index (χ0) is 23.4. The summed E-state index contributed by atoms with van der Waals surface area (Å²) in [4.78, 5) is 12.8. The molecule has 0 bridgehead atoms. The first kappa shape index (κ1) is 24.2. The van der Waals surface area contributed by atoms with Crippen molar-refractivity contribution >= 4 is 28.6 Å². The van der Waals surface area contributed by atoms with Gasteiger partial charge in [0, 0.05) is 12.0 Å². The van der Waals surface area contributed by atoms with E-state index >= 15 is 0 Å². The van der Waals surface area contributed by atoms with Gasteiger partial charge in [0.1, 0.15) is 11.6 Å². The van der Waals surface area contributed by atoms with Crippen molar-refractivity contribution in [3.05, 3.63) is 23.8 Å². The third-order valence-electron chi connectivity index (χ3n) is 6.14. The quantitative estimate of drug-likeness (QED) is 0.517. The molecule has 0 N–H and O–H groups in total. The number of esters is 1. The van der Waals surface area contributed by atoms with Crippen molar-refractivity contribution < 1.29 is 27.3 Å². The minimum Gasteiger partial charge on any atom is -0.459 e. The SMILES string of the molecule is Cc1ccc(S(=O)(=O)N2CCC[C@H]2C(=O)OC(C)(C)C)c(B2OC(C)(C)C(C)(C)O2)c1. The summed E-state index contributed by atoms with van der Waals surface area (Å²) in [5.41, 5.74) is -0.542. The third kappa shape index (κ3) is 4.70. The van der Waals surface area contributed by atoms with E-state index in [9.17, 15) is 13.2 Å². The smallest absolute Gasteiger partial charge is 0.459 e. The molecule has 172 valence electrons. The summed E-state index contributed by atoms with van der Waals surface area (Å²) in [6, 6.07) is 4.28. The van der Waals surface area contributed by atoms with Gasteiger partial charge in [-0.15, -0.1) is 0 Å². The lowest BCUT2D eigenvalue weighted by Crippen LogP contribution is -2.46. The van der Waals surface area contributed by atoms with Crippen LogP contribution in [0.1, 0.15) is 66.9 Å². The Hall–Kier alpha value is -1.42. The Bertz CT molecular complexity index is 951. The van der Waals surface area contributed by atoms with Gasteiger partial charge < -0.3 is 14.0 Å². The molecular weight excluding hydrogens is 417 g/mol. The van der Waals surface area contributed by atoms with E-state index in [0.717, 1.165) is 5.56 Å². The number of carbonyl (C=O) groups is 1. The molecule has 31 heavy (non-hydrogen) atoms. The van der Waals surface area contributed by atoms with Crippen molar-refractivity contribution in [1.29, 1.82) is 0 Å². The van der Waals surface area contributed by atoms with Crippen LogP contribution >= 0.6 is 0 Å². The van der Waals surface area contributed by atoms with E-state index in [2.05, 4.69) is 0 Å². The molecule has 0 spiro atoms. The van der Waals surface area contributed by atoms with Crippen molar-refractivity contribution in [3.63, 3.8) is 0 Å². The van der Waals surface area contributed by atoms with Crippen molar-refractivity contribution in [2.24, 2.45) is 0 Å². The average molecular weight is 451 g/mol. The second-order valence-corrected chi connectivity index (χ2v) is 12.3. The van der Waals surface area contributed by atoms with Crippen LogP contribution in [0, 0.1) is 6.92 Å². The van der Waals surface area contributed by atoms with Gasteiger partial charge in [-0.3, -0.25) is 4.79 Å². The third-order valence-corrected chi connectivity index (χ3v) is 8.12. The highest BCUT2D eigenvalue weighted by Gasteiger charge is 2.53. The lowest BCUT2D eigenvalue weighted by Gasteiger charge is -2.32. The molecule has 2 aliphatic heterocycles. The van der Waals surface area contributed by atoms with Gasteiger partial charge in [0.05, 0.1) is 16.1 Å². The summed E-state index contributed by atoms with van der Waals surface area (Å²) < 4.78 is 46.5. The van der Waals surface area contributed by atoms with Gasteiger partial charge >= 0.3 is 13.1 Å². The second-order valence-electron chi connectivity index (χ2n) is 10.4. The molecule has 2 fully saturated rings.